The van der Waals surface area contributed by atoms with Crippen LogP contribution in [-0.2, 0) is 10.2 Å². The summed E-state index contributed by atoms with van der Waals surface area (Å²) in [4.78, 5) is 4.04. The van der Waals surface area contributed by atoms with Gasteiger partial charge in [0.2, 0.25) is 5.82 Å². The summed E-state index contributed by atoms with van der Waals surface area (Å²) in [7, 11) is -0.939. The highest BCUT2D eigenvalue weighted by atomic mass is 32.2. The van der Waals surface area contributed by atoms with Gasteiger partial charge in [0.1, 0.15) is 6.07 Å². The molecule has 0 saturated heterocycles. The van der Waals surface area contributed by atoms with Crippen LogP contribution in [0.15, 0.2) is 36.5 Å². The van der Waals surface area contributed by atoms with Crippen molar-refractivity contribution in [2.45, 2.75) is 0 Å². The molecule has 0 atom stereocenters. The summed E-state index contributed by atoms with van der Waals surface area (Å²) in [6.07, 6.45) is 1.35. The van der Waals surface area contributed by atoms with Crippen molar-refractivity contribution in [1.82, 2.24) is 13.3 Å². The molecule has 2 rings (SSSR count). The van der Waals surface area contributed by atoms with Crippen molar-refractivity contribution >= 4 is 10.2 Å². The van der Waals surface area contributed by atoms with Gasteiger partial charge in [-0.25, -0.2) is 8.96 Å². The Morgan fingerprint density at radius 2 is 1.89 bits per heavy atom. The number of benzene rings is 1. The SMILES string of the molecule is CN(C)S(=O)(=O)n1cc(-c2ccccc2)nc1C#N. The molecule has 0 saturated carbocycles. The first-order chi connectivity index (χ1) is 8.96. The minimum atomic E-state index is -3.74. The third-order valence-corrected chi connectivity index (χ3v) is 4.25. The molecule has 7 heteroatoms. The van der Waals surface area contributed by atoms with Gasteiger partial charge in [0.05, 0.1) is 11.9 Å². The van der Waals surface area contributed by atoms with Gasteiger partial charge in [-0.2, -0.15) is 18.0 Å². The van der Waals surface area contributed by atoms with E-state index in [2.05, 4.69) is 4.98 Å². The molecule has 1 aromatic carbocycles. The summed E-state index contributed by atoms with van der Waals surface area (Å²) in [6.45, 7) is 0. The molecular formula is C12H12N4O2S. The standard InChI is InChI=1S/C12H12N4O2S/c1-15(2)19(17,18)16-9-11(14-12(16)8-13)10-6-4-3-5-7-10/h3-7,9H,1-2H3. The van der Waals surface area contributed by atoms with E-state index in [1.54, 1.807) is 18.2 Å². The molecule has 1 aromatic heterocycles. The number of hydrogen-bond donors (Lipinski definition) is 0. The van der Waals surface area contributed by atoms with Crippen LogP contribution in [0.5, 0.6) is 0 Å². The molecule has 0 unspecified atom stereocenters. The van der Waals surface area contributed by atoms with Crippen LogP contribution >= 0.6 is 0 Å². The van der Waals surface area contributed by atoms with Crippen LogP contribution in [-0.4, -0.2) is 35.8 Å². The van der Waals surface area contributed by atoms with E-state index in [1.165, 1.54) is 20.3 Å². The van der Waals surface area contributed by atoms with E-state index < -0.39 is 10.2 Å². The number of imidazole rings is 1. The molecule has 0 fully saturated rings. The summed E-state index contributed by atoms with van der Waals surface area (Å²) in [5.41, 5.74) is 1.20. The van der Waals surface area contributed by atoms with Gasteiger partial charge in [0, 0.05) is 19.7 Å². The Hall–Kier alpha value is -2.17. The minimum absolute atomic E-state index is 0.160. The lowest BCUT2D eigenvalue weighted by Gasteiger charge is -2.11. The second-order valence-corrected chi connectivity index (χ2v) is 6.03. The maximum absolute atomic E-state index is 12.1. The lowest BCUT2D eigenvalue weighted by molar-refractivity contribution is 0.510. The van der Waals surface area contributed by atoms with Crippen molar-refractivity contribution in [2.75, 3.05) is 14.1 Å². The Morgan fingerprint density at radius 3 is 2.42 bits per heavy atom. The van der Waals surface area contributed by atoms with Gasteiger partial charge in [-0.1, -0.05) is 30.3 Å². The highest BCUT2D eigenvalue weighted by Crippen LogP contribution is 2.19. The lowest BCUT2D eigenvalue weighted by atomic mass is 10.2. The monoisotopic (exact) mass is 276 g/mol. The van der Waals surface area contributed by atoms with Gasteiger partial charge in [-0.05, 0) is 0 Å². The Bertz CT molecular complexity index is 727. The zero-order valence-electron chi connectivity index (χ0n) is 10.5. The summed E-state index contributed by atoms with van der Waals surface area (Å²) in [5, 5.41) is 9.01. The molecular weight excluding hydrogens is 264 g/mol. The molecule has 1 heterocycles. The third-order valence-electron chi connectivity index (χ3n) is 2.55. The van der Waals surface area contributed by atoms with E-state index in [0.717, 1.165) is 13.8 Å². The Kier molecular flexibility index (Phi) is 3.38. The van der Waals surface area contributed by atoms with Crippen molar-refractivity contribution in [2.24, 2.45) is 0 Å². The minimum Gasteiger partial charge on any atom is -0.218 e. The molecule has 0 spiro atoms. The van der Waals surface area contributed by atoms with Crippen molar-refractivity contribution in [1.29, 1.82) is 5.26 Å². The summed E-state index contributed by atoms with van der Waals surface area (Å²) in [5.74, 6) is -0.160. The highest BCUT2D eigenvalue weighted by Gasteiger charge is 2.22. The Morgan fingerprint density at radius 1 is 1.26 bits per heavy atom. The van der Waals surface area contributed by atoms with Gasteiger partial charge in [0.25, 0.3) is 0 Å². The van der Waals surface area contributed by atoms with Crippen LogP contribution in [0.3, 0.4) is 0 Å². The number of nitriles is 1. The fourth-order valence-electron chi connectivity index (χ4n) is 1.54. The molecule has 6 nitrogen and oxygen atoms in total. The van der Waals surface area contributed by atoms with E-state index in [1.807, 2.05) is 18.2 Å². The second kappa shape index (κ2) is 4.84. The average molecular weight is 276 g/mol. The predicted molar refractivity (Wildman–Crippen MR) is 70.4 cm³/mol. The first-order valence-electron chi connectivity index (χ1n) is 5.44. The largest absolute Gasteiger partial charge is 0.309 e. The molecule has 0 N–H and O–H groups in total. The van der Waals surface area contributed by atoms with Crippen molar-refractivity contribution < 1.29 is 8.42 Å². The highest BCUT2D eigenvalue weighted by molar-refractivity contribution is 7.87. The molecule has 0 aliphatic heterocycles. The summed E-state index contributed by atoms with van der Waals surface area (Å²) in [6, 6.07) is 10.9. The Labute approximate surface area is 111 Å². The summed E-state index contributed by atoms with van der Waals surface area (Å²) >= 11 is 0. The normalized spacial score (nSPS) is 11.5. The van der Waals surface area contributed by atoms with Crippen LogP contribution in [0.1, 0.15) is 5.82 Å². The maximum atomic E-state index is 12.1. The molecule has 0 aliphatic carbocycles. The smallest absolute Gasteiger partial charge is 0.218 e. The molecule has 0 radical (unpaired) electrons. The maximum Gasteiger partial charge on any atom is 0.309 e. The fourth-order valence-corrected chi connectivity index (χ4v) is 2.42. The number of nitrogens with zero attached hydrogens (tertiary/aromatic N) is 4. The van der Waals surface area contributed by atoms with Gasteiger partial charge in [-0.15, -0.1) is 0 Å². The van der Waals surface area contributed by atoms with Gasteiger partial charge in [0.15, 0.2) is 0 Å². The first-order valence-corrected chi connectivity index (χ1v) is 6.84. The van der Waals surface area contributed by atoms with Crippen molar-refractivity contribution in [3.63, 3.8) is 0 Å². The molecule has 0 amide bonds. The van der Waals surface area contributed by atoms with Gasteiger partial charge >= 0.3 is 10.2 Å². The van der Waals surface area contributed by atoms with Gasteiger partial charge in [-0.3, -0.25) is 0 Å². The van der Waals surface area contributed by atoms with Crippen LogP contribution in [0.4, 0.5) is 0 Å². The van der Waals surface area contributed by atoms with Crippen LogP contribution < -0.4 is 0 Å². The van der Waals surface area contributed by atoms with E-state index in [0.29, 0.717) is 5.69 Å². The predicted octanol–water partition coefficient (Wildman–Crippen LogP) is 1.08. The van der Waals surface area contributed by atoms with Crippen LogP contribution in [0, 0.1) is 11.3 Å². The Balaban J connectivity index is 2.61. The molecule has 2 aromatic rings. The van der Waals surface area contributed by atoms with E-state index in [9.17, 15) is 8.42 Å². The zero-order valence-corrected chi connectivity index (χ0v) is 11.3. The number of aromatic nitrogens is 2. The fraction of sp³-hybridized carbons (Fsp3) is 0.167. The van der Waals surface area contributed by atoms with Crippen molar-refractivity contribution in [3.8, 4) is 17.3 Å². The molecule has 0 aliphatic rings. The topological polar surface area (TPSA) is 79.0 Å². The lowest BCUT2D eigenvalue weighted by Crippen LogP contribution is -2.29. The zero-order chi connectivity index (χ0) is 14.0. The van der Waals surface area contributed by atoms with Crippen LogP contribution in [0.25, 0.3) is 11.3 Å². The summed E-state index contributed by atoms with van der Waals surface area (Å²) < 4.78 is 26.0. The molecule has 98 valence electrons. The first kappa shape index (κ1) is 13.3. The van der Waals surface area contributed by atoms with Crippen LogP contribution in [0.2, 0.25) is 0 Å². The van der Waals surface area contributed by atoms with E-state index in [-0.39, 0.29) is 5.82 Å². The average Bonchev–Trinajstić information content (AvgIpc) is 2.84. The van der Waals surface area contributed by atoms with E-state index in [4.69, 9.17) is 5.26 Å². The third kappa shape index (κ3) is 2.36. The van der Waals surface area contributed by atoms with E-state index >= 15 is 0 Å². The quantitative estimate of drug-likeness (QED) is 0.840. The molecule has 0 bridgehead atoms. The molecule has 19 heavy (non-hydrogen) atoms. The second-order valence-electron chi connectivity index (χ2n) is 4.01. The number of rotatable bonds is 3. The van der Waals surface area contributed by atoms with Crippen molar-refractivity contribution in [3.05, 3.63) is 42.4 Å². The van der Waals surface area contributed by atoms with Gasteiger partial charge < -0.3 is 0 Å². The number of hydrogen-bond acceptors (Lipinski definition) is 4.